The average Bonchev–Trinajstić information content (AvgIpc) is 2.49. The van der Waals surface area contributed by atoms with Crippen LogP contribution in [0.15, 0.2) is 0 Å². The Labute approximate surface area is 111 Å². The molecule has 0 aromatic carbocycles. The van der Waals surface area contributed by atoms with E-state index in [0.29, 0.717) is 19.6 Å². The highest BCUT2D eigenvalue weighted by Gasteiger charge is 2.30. The maximum absolute atomic E-state index is 12.3. The van der Waals surface area contributed by atoms with Gasteiger partial charge < -0.3 is 10.2 Å². The van der Waals surface area contributed by atoms with Crippen LogP contribution in [0.1, 0.15) is 26.2 Å². The van der Waals surface area contributed by atoms with Crippen molar-refractivity contribution in [2.45, 2.75) is 31.4 Å². The molecule has 2 saturated heterocycles. The van der Waals surface area contributed by atoms with Crippen LogP contribution in [0.3, 0.4) is 0 Å². The van der Waals surface area contributed by atoms with Gasteiger partial charge in [0.15, 0.2) is 0 Å². The van der Waals surface area contributed by atoms with E-state index in [4.69, 9.17) is 0 Å². The molecule has 1 N–H and O–H groups in total. The van der Waals surface area contributed by atoms with Crippen LogP contribution in [0.2, 0.25) is 0 Å². The summed E-state index contributed by atoms with van der Waals surface area (Å²) >= 11 is 0. The van der Waals surface area contributed by atoms with Crippen molar-refractivity contribution < 1.29 is 8.42 Å². The number of hydrogen-bond donors (Lipinski definition) is 1. The lowest BCUT2D eigenvalue weighted by Crippen LogP contribution is -2.43. The van der Waals surface area contributed by atoms with Gasteiger partial charge in [-0.25, -0.2) is 8.42 Å². The van der Waals surface area contributed by atoms with Gasteiger partial charge in [0.1, 0.15) is 0 Å². The molecule has 1 atom stereocenters. The van der Waals surface area contributed by atoms with Crippen LogP contribution in [-0.2, 0) is 10.0 Å². The van der Waals surface area contributed by atoms with Crippen molar-refractivity contribution in [1.29, 1.82) is 0 Å². The van der Waals surface area contributed by atoms with Crippen molar-refractivity contribution in [2.75, 3.05) is 45.8 Å². The predicted octanol–water partition coefficient (Wildman–Crippen LogP) is 0.0958. The highest BCUT2D eigenvalue weighted by molar-refractivity contribution is 7.89. The van der Waals surface area contributed by atoms with Crippen LogP contribution < -0.4 is 5.32 Å². The van der Waals surface area contributed by atoms with Crippen molar-refractivity contribution in [3.63, 3.8) is 0 Å². The lowest BCUT2D eigenvalue weighted by molar-refractivity contribution is 0.213. The Kier molecular flexibility index (Phi) is 5.00. The third-order valence-electron chi connectivity index (χ3n) is 3.95. The van der Waals surface area contributed by atoms with Gasteiger partial charge in [-0.15, -0.1) is 0 Å². The van der Waals surface area contributed by atoms with E-state index in [9.17, 15) is 8.42 Å². The van der Waals surface area contributed by atoms with Crippen molar-refractivity contribution in [2.24, 2.45) is 0 Å². The normalized spacial score (nSPS) is 31.1. The Morgan fingerprint density at radius 3 is 2.56 bits per heavy atom. The maximum atomic E-state index is 12.3. The second kappa shape index (κ2) is 6.32. The van der Waals surface area contributed by atoms with E-state index in [2.05, 4.69) is 10.2 Å². The Hall–Kier alpha value is -0.170. The standard InChI is InChI=1S/C12H25N3O2S/c1-12-11-13-5-8-15(18(12,16)17)10-9-14-6-3-2-4-7-14/h12-13H,2-11H2,1H3. The molecular formula is C12H25N3O2S. The van der Waals surface area contributed by atoms with Gasteiger partial charge >= 0.3 is 0 Å². The first-order valence-electron chi connectivity index (χ1n) is 7.03. The fraction of sp³-hybridized carbons (Fsp3) is 1.00. The van der Waals surface area contributed by atoms with E-state index >= 15 is 0 Å². The minimum absolute atomic E-state index is 0.304. The lowest BCUT2D eigenvalue weighted by Gasteiger charge is -2.29. The van der Waals surface area contributed by atoms with Crippen LogP contribution in [0.4, 0.5) is 0 Å². The molecular weight excluding hydrogens is 250 g/mol. The summed E-state index contributed by atoms with van der Waals surface area (Å²) in [5.41, 5.74) is 0. The summed E-state index contributed by atoms with van der Waals surface area (Å²) in [6.45, 7) is 7.53. The zero-order chi connectivity index (χ0) is 13.0. The van der Waals surface area contributed by atoms with Gasteiger partial charge in [-0.2, -0.15) is 4.31 Å². The third-order valence-corrected chi connectivity index (χ3v) is 6.22. The van der Waals surface area contributed by atoms with Gasteiger partial charge in [0.2, 0.25) is 10.0 Å². The third kappa shape index (κ3) is 3.44. The first kappa shape index (κ1) is 14.2. The molecule has 0 bridgehead atoms. The highest BCUT2D eigenvalue weighted by atomic mass is 32.2. The second-order valence-electron chi connectivity index (χ2n) is 5.36. The summed E-state index contributed by atoms with van der Waals surface area (Å²) in [6, 6.07) is 0. The van der Waals surface area contributed by atoms with E-state index in [1.807, 2.05) is 0 Å². The fourth-order valence-corrected chi connectivity index (χ4v) is 4.19. The molecule has 106 valence electrons. The van der Waals surface area contributed by atoms with E-state index < -0.39 is 10.0 Å². The van der Waals surface area contributed by atoms with Crippen LogP contribution in [-0.4, -0.2) is 68.7 Å². The van der Waals surface area contributed by atoms with E-state index in [1.54, 1.807) is 11.2 Å². The van der Waals surface area contributed by atoms with E-state index in [-0.39, 0.29) is 5.25 Å². The Morgan fingerprint density at radius 1 is 1.11 bits per heavy atom. The smallest absolute Gasteiger partial charge is 0.218 e. The largest absolute Gasteiger partial charge is 0.314 e. The molecule has 5 nitrogen and oxygen atoms in total. The van der Waals surface area contributed by atoms with E-state index in [1.165, 1.54) is 19.3 Å². The molecule has 2 rings (SSSR count). The summed E-state index contributed by atoms with van der Waals surface area (Å²) in [4.78, 5) is 2.39. The molecule has 0 aliphatic carbocycles. The predicted molar refractivity (Wildman–Crippen MR) is 73.1 cm³/mol. The molecule has 2 heterocycles. The summed E-state index contributed by atoms with van der Waals surface area (Å²) < 4.78 is 26.2. The number of sulfonamides is 1. The molecule has 1 unspecified atom stereocenters. The quantitative estimate of drug-likeness (QED) is 0.793. The van der Waals surface area contributed by atoms with Gasteiger partial charge in [0.05, 0.1) is 5.25 Å². The van der Waals surface area contributed by atoms with Gasteiger partial charge in [-0.3, -0.25) is 0 Å². The number of nitrogens with zero attached hydrogens (tertiary/aromatic N) is 2. The fourth-order valence-electron chi connectivity index (χ4n) is 2.67. The molecule has 2 fully saturated rings. The van der Waals surface area contributed by atoms with Crippen LogP contribution >= 0.6 is 0 Å². The van der Waals surface area contributed by atoms with Gasteiger partial charge in [0.25, 0.3) is 0 Å². The number of nitrogens with one attached hydrogen (secondary N) is 1. The number of rotatable bonds is 3. The summed E-state index contributed by atoms with van der Waals surface area (Å²) in [5, 5.41) is 2.88. The molecule has 18 heavy (non-hydrogen) atoms. The zero-order valence-electron chi connectivity index (χ0n) is 11.3. The molecule has 0 aromatic rings. The first-order valence-corrected chi connectivity index (χ1v) is 8.53. The molecule has 2 aliphatic heterocycles. The maximum Gasteiger partial charge on any atom is 0.218 e. The van der Waals surface area contributed by atoms with Crippen molar-refractivity contribution >= 4 is 10.0 Å². The second-order valence-corrected chi connectivity index (χ2v) is 7.71. The van der Waals surface area contributed by atoms with Gasteiger partial charge in [0, 0.05) is 32.7 Å². The number of likely N-dealkylation sites (tertiary alicyclic amines) is 1. The number of piperidine rings is 1. The summed E-state index contributed by atoms with van der Waals surface area (Å²) in [5.74, 6) is 0. The summed E-state index contributed by atoms with van der Waals surface area (Å²) in [7, 11) is -3.10. The molecule has 6 heteroatoms. The van der Waals surface area contributed by atoms with Gasteiger partial charge in [-0.05, 0) is 32.9 Å². The summed E-state index contributed by atoms with van der Waals surface area (Å²) in [6.07, 6.45) is 3.83. The number of hydrogen-bond acceptors (Lipinski definition) is 4. The minimum Gasteiger partial charge on any atom is -0.314 e. The average molecular weight is 275 g/mol. The molecule has 0 radical (unpaired) electrons. The molecule has 0 spiro atoms. The van der Waals surface area contributed by atoms with Crippen LogP contribution in [0.25, 0.3) is 0 Å². The Bertz CT molecular complexity index is 352. The molecule has 0 amide bonds. The monoisotopic (exact) mass is 275 g/mol. The lowest BCUT2D eigenvalue weighted by atomic mass is 10.1. The molecule has 0 aromatic heterocycles. The Morgan fingerprint density at radius 2 is 1.83 bits per heavy atom. The minimum atomic E-state index is -3.10. The topological polar surface area (TPSA) is 52.6 Å². The van der Waals surface area contributed by atoms with Crippen LogP contribution in [0.5, 0.6) is 0 Å². The molecule has 0 saturated carbocycles. The van der Waals surface area contributed by atoms with Gasteiger partial charge in [-0.1, -0.05) is 6.42 Å². The SMILES string of the molecule is CC1CNCCN(CCN2CCCCC2)S1(=O)=O. The highest BCUT2D eigenvalue weighted by Crippen LogP contribution is 2.13. The van der Waals surface area contributed by atoms with Crippen LogP contribution in [0, 0.1) is 0 Å². The van der Waals surface area contributed by atoms with Crippen molar-refractivity contribution in [3.05, 3.63) is 0 Å². The van der Waals surface area contributed by atoms with Crippen molar-refractivity contribution in [3.8, 4) is 0 Å². The van der Waals surface area contributed by atoms with E-state index in [0.717, 1.165) is 26.2 Å². The first-order chi connectivity index (χ1) is 8.60. The molecule has 2 aliphatic rings. The Balaban J connectivity index is 1.89. The zero-order valence-corrected chi connectivity index (χ0v) is 12.1. The van der Waals surface area contributed by atoms with Crippen molar-refractivity contribution in [1.82, 2.24) is 14.5 Å².